The van der Waals surface area contributed by atoms with E-state index in [1.165, 1.54) is 12.8 Å². The Balaban J connectivity index is 2.95. The monoisotopic (exact) mass is 148 g/mol. The van der Waals surface area contributed by atoms with E-state index in [0.29, 0.717) is 5.25 Å². The van der Waals surface area contributed by atoms with Crippen molar-refractivity contribution in [2.45, 2.75) is 31.4 Å². The lowest BCUT2D eigenvalue weighted by Gasteiger charge is -2.06. The van der Waals surface area contributed by atoms with Crippen LogP contribution in [0, 0.1) is 0 Å². The van der Waals surface area contributed by atoms with Gasteiger partial charge in [0, 0.05) is 19.0 Å². The number of thiol groups is 1. The first-order valence-electron chi connectivity index (χ1n) is 3.48. The number of ether oxygens (including phenoxy) is 1. The van der Waals surface area contributed by atoms with Gasteiger partial charge in [-0.3, -0.25) is 0 Å². The molecule has 2 heteroatoms. The van der Waals surface area contributed by atoms with Crippen LogP contribution in [-0.2, 0) is 4.74 Å². The Morgan fingerprint density at radius 3 is 2.56 bits per heavy atom. The maximum atomic E-state index is 4.91. The van der Waals surface area contributed by atoms with Crippen molar-refractivity contribution in [2.75, 3.05) is 13.7 Å². The number of methoxy groups -OCH3 is 1. The highest BCUT2D eigenvalue weighted by Crippen LogP contribution is 2.07. The minimum Gasteiger partial charge on any atom is -0.385 e. The molecule has 56 valence electrons. The Hall–Kier alpha value is 0.310. The third kappa shape index (κ3) is 6.19. The van der Waals surface area contributed by atoms with Crippen LogP contribution in [-0.4, -0.2) is 19.0 Å². The van der Waals surface area contributed by atoms with Gasteiger partial charge in [0.15, 0.2) is 0 Å². The summed E-state index contributed by atoms with van der Waals surface area (Å²) in [7, 11) is 1.73. The summed E-state index contributed by atoms with van der Waals surface area (Å²) in [6, 6.07) is 0. The van der Waals surface area contributed by atoms with Crippen LogP contribution in [0.4, 0.5) is 0 Å². The summed E-state index contributed by atoms with van der Waals surface area (Å²) in [5.74, 6) is 0. The average Bonchev–Trinajstić information content (AvgIpc) is 1.85. The summed E-state index contributed by atoms with van der Waals surface area (Å²) in [4.78, 5) is 0. The highest BCUT2D eigenvalue weighted by Gasteiger charge is 1.98. The van der Waals surface area contributed by atoms with Crippen molar-refractivity contribution in [1.29, 1.82) is 0 Å². The SMILES string of the molecule is CCC[C@@H](S)CCOC. The number of rotatable bonds is 5. The van der Waals surface area contributed by atoms with E-state index in [2.05, 4.69) is 19.6 Å². The first-order valence-corrected chi connectivity index (χ1v) is 4.00. The Morgan fingerprint density at radius 1 is 1.44 bits per heavy atom. The van der Waals surface area contributed by atoms with Crippen LogP contribution in [0.15, 0.2) is 0 Å². The summed E-state index contributed by atoms with van der Waals surface area (Å²) in [6.07, 6.45) is 3.50. The lowest BCUT2D eigenvalue weighted by molar-refractivity contribution is 0.193. The molecule has 0 fully saturated rings. The zero-order chi connectivity index (χ0) is 7.11. The Morgan fingerprint density at radius 2 is 2.11 bits per heavy atom. The molecule has 0 rings (SSSR count). The van der Waals surface area contributed by atoms with Gasteiger partial charge >= 0.3 is 0 Å². The Labute approximate surface area is 63.2 Å². The van der Waals surface area contributed by atoms with E-state index in [-0.39, 0.29) is 0 Å². The first-order chi connectivity index (χ1) is 4.31. The summed E-state index contributed by atoms with van der Waals surface area (Å²) >= 11 is 4.36. The predicted octanol–water partition coefficient (Wildman–Crippen LogP) is 2.12. The molecule has 1 nitrogen and oxygen atoms in total. The fraction of sp³-hybridized carbons (Fsp3) is 1.00. The van der Waals surface area contributed by atoms with Gasteiger partial charge in [0.2, 0.25) is 0 Å². The molecule has 0 radical (unpaired) electrons. The molecular weight excluding hydrogens is 132 g/mol. The number of hydrogen-bond acceptors (Lipinski definition) is 2. The van der Waals surface area contributed by atoms with E-state index in [9.17, 15) is 0 Å². The molecule has 0 saturated heterocycles. The summed E-state index contributed by atoms with van der Waals surface area (Å²) in [6.45, 7) is 3.02. The zero-order valence-electron chi connectivity index (χ0n) is 6.26. The van der Waals surface area contributed by atoms with Gasteiger partial charge in [0.05, 0.1) is 0 Å². The first kappa shape index (κ1) is 9.31. The van der Waals surface area contributed by atoms with Crippen LogP contribution >= 0.6 is 12.6 Å². The van der Waals surface area contributed by atoms with Gasteiger partial charge in [-0.15, -0.1) is 0 Å². The standard InChI is InChI=1S/C7H16OS/c1-3-4-7(9)5-6-8-2/h7,9H,3-6H2,1-2H3/t7-/m1/s1. The van der Waals surface area contributed by atoms with Crippen molar-refractivity contribution < 1.29 is 4.74 Å². The van der Waals surface area contributed by atoms with Crippen molar-refractivity contribution in [2.24, 2.45) is 0 Å². The van der Waals surface area contributed by atoms with Crippen LogP contribution in [0.1, 0.15) is 26.2 Å². The smallest absolute Gasteiger partial charge is 0.0472 e. The summed E-state index contributed by atoms with van der Waals surface area (Å²) < 4.78 is 4.91. The van der Waals surface area contributed by atoms with Crippen LogP contribution in [0.2, 0.25) is 0 Å². The van der Waals surface area contributed by atoms with Crippen molar-refractivity contribution in [3.05, 3.63) is 0 Å². The summed E-state index contributed by atoms with van der Waals surface area (Å²) in [5.41, 5.74) is 0. The second-order valence-corrected chi connectivity index (χ2v) is 2.95. The maximum Gasteiger partial charge on any atom is 0.0472 e. The largest absolute Gasteiger partial charge is 0.385 e. The number of hydrogen-bond donors (Lipinski definition) is 1. The summed E-state index contributed by atoms with van der Waals surface area (Å²) in [5, 5.41) is 0.537. The molecule has 0 aromatic heterocycles. The van der Waals surface area contributed by atoms with Crippen molar-refractivity contribution in [3.63, 3.8) is 0 Å². The third-order valence-electron chi connectivity index (χ3n) is 1.28. The molecule has 0 spiro atoms. The third-order valence-corrected chi connectivity index (χ3v) is 1.79. The quantitative estimate of drug-likeness (QED) is 0.588. The molecule has 0 amide bonds. The fourth-order valence-electron chi connectivity index (χ4n) is 0.731. The van der Waals surface area contributed by atoms with Crippen LogP contribution in [0.25, 0.3) is 0 Å². The van der Waals surface area contributed by atoms with E-state index in [0.717, 1.165) is 13.0 Å². The van der Waals surface area contributed by atoms with E-state index < -0.39 is 0 Å². The topological polar surface area (TPSA) is 9.23 Å². The molecule has 0 aliphatic heterocycles. The van der Waals surface area contributed by atoms with Gasteiger partial charge < -0.3 is 4.74 Å². The second kappa shape index (κ2) is 6.43. The molecule has 0 aliphatic carbocycles. The molecule has 0 aromatic carbocycles. The molecule has 0 bridgehead atoms. The van der Waals surface area contributed by atoms with Gasteiger partial charge in [-0.05, 0) is 12.8 Å². The van der Waals surface area contributed by atoms with E-state index in [1.54, 1.807) is 7.11 Å². The molecule has 0 saturated carbocycles. The molecule has 0 heterocycles. The van der Waals surface area contributed by atoms with E-state index in [4.69, 9.17) is 4.74 Å². The van der Waals surface area contributed by atoms with Gasteiger partial charge in [-0.2, -0.15) is 12.6 Å². The van der Waals surface area contributed by atoms with Gasteiger partial charge in [-0.25, -0.2) is 0 Å². The normalized spacial score (nSPS) is 13.7. The predicted molar refractivity (Wildman–Crippen MR) is 44.2 cm³/mol. The highest BCUT2D eigenvalue weighted by molar-refractivity contribution is 7.80. The molecule has 0 N–H and O–H groups in total. The average molecular weight is 148 g/mol. The molecule has 1 atom stereocenters. The van der Waals surface area contributed by atoms with Gasteiger partial charge in [0.1, 0.15) is 0 Å². The molecule has 0 unspecified atom stereocenters. The van der Waals surface area contributed by atoms with Gasteiger partial charge in [-0.1, -0.05) is 13.3 Å². The minimum atomic E-state index is 0.537. The fourth-order valence-corrected chi connectivity index (χ4v) is 1.10. The van der Waals surface area contributed by atoms with Crippen molar-refractivity contribution in [1.82, 2.24) is 0 Å². The molecule has 0 aromatic rings. The molecular formula is C7H16OS. The van der Waals surface area contributed by atoms with Crippen LogP contribution in [0.5, 0.6) is 0 Å². The lowest BCUT2D eigenvalue weighted by Crippen LogP contribution is -2.02. The Kier molecular flexibility index (Phi) is 6.65. The molecule has 9 heavy (non-hydrogen) atoms. The Bertz CT molecular complexity index is 56.9. The van der Waals surface area contributed by atoms with Crippen molar-refractivity contribution >= 4 is 12.6 Å². The zero-order valence-corrected chi connectivity index (χ0v) is 7.16. The van der Waals surface area contributed by atoms with Crippen molar-refractivity contribution in [3.8, 4) is 0 Å². The van der Waals surface area contributed by atoms with E-state index >= 15 is 0 Å². The van der Waals surface area contributed by atoms with Gasteiger partial charge in [0.25, 0.3) is 0 Å². The maximum absolute atomic E-state index is 4.91. The van der Waals surface area contributed by atoms with E-state index in [1.807, 2.05) is 0 Å². The lowest BCUT2D eigenvalue weighted by atomic mass is 10.2. The highest BCUT2D eigenvalue weighted by atomic mass is 32.1. The minimum absolute atomic E-state index is 0.537. The molecule has 0 aliphatic rings. The van der Waals surface area contributed by atoms with Crippen LogP contribution in [0.3, 0.4) is 0 Å². The van der Waals surface area contributed by atoms with Crippen LogP contribution < -0.4 is 0 Å². The second-order valence-electron chi connectivity index (χ2n) is 2.22.